The first kappa shape index (κ1) is 14.4. The van der Waals surface area contributed by atoms with Crippen molar-refractivity contribution < 1.29 is 9.47 Å². The minimum atomic E-state index is -0.207. The summed E-state index contributed by atoms with van der Waals surface area (Å²) in [6.07, 6.45) is 3.66. The molecule has 0 N–H and O–H groups in total. The fraction of sp³-hybridized carbons (Fsp3) is 0.867. The molecule has 2 aliphatic heterocycles. The van der Waals surface area contributed by atoms with Crippen molar-refractivity contribution in [3.8, 4) is 0 Å². The van der Waals surface area contributed by atoms with E-state index in [-0.39, 0.29) is 16.6 Å². The van der Waals surface area contributed by atoms with E-state index in [1.807, 2.05) is 4.99 Å². The first-order chi connectivity index (χ1) is 8.74. The summed E-state index contributed by atoms with van der Waals surface area (Å²) in [6.45, 7) is 9.15. The van der Waals surface area contributed by atoms with Crippen molar-refractivity contribution in [2.75, 3.05) is 0 Å². The van der Waals surface area contributed by atoms with Crippen LogP contribution in [-0.4, -0.2) is 22.1 Å². The summed E-state index contributed by atoms with van der Waals surface area (Å²) < 4.78 is 12.4. The van der Waals surface area contributed by atoms with Gasteiger partial charge in [-0.3, -0.25) is 0 Å². The van der Waals surface area contributed by atoms with Crippen LogP contribution in [-0.2, 0) is 9.47 Å². The Morgan fingerprint density at radius 1 is 1.26 bits per heavy atom. The molecular formula is C15H22Br2O2. The third kappa shape index (κ3) is 1.96. The molecule has 3 fully saturated rings. The molecule has 0 radical (unpaired) electrons. The van der Waals surface area contributed by atoms with Gasteiger partial charge in [0.2, 0.25) is 0 Å². The highest BCUT2D eigenvalue weighted by Crippen LogP contribution is 2.60. The highest BCUT2D eigenvalue weighted by atomic mass is 79.9. The summed E-state index contributed by atoms with van der Waals surface area (Å²) in [6, 6.07) is 0. The quantitative estimate of drug-likeness (QED) is 0.437. The molecular weight excluding hydrogens is 372 g/mol. The van der Waals surface area contributed by atoms with E-state index in [1.54, 1.807) is 0 Å². The first-order valence-corrected chi connectivity index (χ1v) is 8.89. The van der Waals surface area contributed by atoms with Gasteiger partial charge in [-0.15, -0.1) is 0 Å². The largest absolute Gasteiger partial charge is 0.488 e. The van der Waals surface area contributed by atoms with Crippen LogP contribution >= 0.6 is 31.9 Å². The Labute approximate surface area is 132 Å². The SMILES string of the molecule is CC12CCC(Br)C(C)(C)C1CC1OC1(C)C(=CBr)O2. The van der Waals surface area contributed by atoms with Gasteiger partial charge < -0.3 is 9.47 Å². The van der Waals surface area contributed by atoms with Crippen molar-refractivity contribution >= 4 is 31.9 Å². The summed E-state index contributed by atoms with van der Waals surface area (Å²) in [5.74, 6) is 1.47. The monoisotopic (exact) mass is 392 g/mol. The van der Waals surface area contributed by atoms with Crippen molar-refractivity contribution in [2.24, 2.45) is 11.3 Å². The van der Waals surface area contributed by atoms with E-state index in [1.165, 1.54) is 0 Å². The second-order valence-electron chi connectivity index (χ2n) is 7.22. The van der Waals surface area contributed by atoms with Crippen molar-refractivity contribution in [2.45, 2.75) is 69.1 Å². The summed E-state index contributed by atoms with van der Waals surface area (Å²) >= 11 is 7.33. The zero-order valence-electron chi connectivity index (χ0n) is 12.0. The van der Waals surface area contributed by atoms with Gasteiger partial charge in [-0.1, -0.05) is 45.7 Å². The molecule has 4 heteroatoms. The lowest BCUT2D eigenvalue weighted by molar-refractivity contribution is -0.112. The van der Waals surface area contributed by atoms with E-state index >= 15 is 0 Å². The van der Waals surface area contributed by atoms with Crippen molar-refractivity contribution in [3.63, 3.8) is 0 Å². The molecule has 2 saturated heterocycles. The highest BCUT2D eigenvalue weighted by Gasteiger charge is 2.65. The van der Waals surface area contributed by atoms with Crippen LogP contribution < -0.4 is 0 Å². The van der Waals surface area contributed by atoms with Gasteiger partial charge in [0, 0.05) is 15.7 Å². The van der Waals surface area contributed by atoms with Crippen LogP contribution in [0.4, 0.5) is 0 Å². The van der Waals surface area contributed by atoms with E-state index in [2.05, 4.69) is 59.6 Å². The number of hydrogen-bond donors (Lipinski definition) is 0. The van der Waals surface area contributed by atoms with Gasteiger partial charge in [0.25, 0.3) is 0 Å². The number of hydrogen-bond acceptors (Lipinski definition) is 2. The summed E-state index contributed by atoms with van der Waals surface area (Å²) in [4.78, 5) is 2.47. The zero-order chi connectivity index (χ0) is 14.1. The Kier molecular flexibility index (Phi) is 3.21. The number of rotatable bonds is 0. The summed E-state index contributed by atoms with van der Waals surface area (Å²) in [5, 5.41) is 0. The molecule has 0 aromatic heterocycles. The maximum atomic E-state index is 6.46. The number of halogens is 2. The molecule has 0 aromatic carbocycles. The van der Waals surface area contributed by atoms with Gasteiger partial charge in [0.05, 0.1) is 6.10 Å². The maximum absolute atomic E-state index is 6.46. The second-order valence-corrected chi connectivity index (χ2v) is 8.78. The van der Waals surface area contributed by atoms with Crippen LogP contribution in [0.15, 0.2) is 10.7 Å². The molecule has 3 aliphatic rings. The van der Waals surface area contributed by atoms with Gasteiger partial charge in [0.1, 0.15) is 17.0 Å². The minimum Gasteiger partial charge on any atom is -0.488 e. The minimum absolute atomic E-state index is 0.0762. The van der Waals surface area contributed by atoms with E-state index in [9.17, 15) is 0 Å². The average Bonchev–Trinajstić information content (AvgIpc) is 3.00. The zero-order valence-corrected chi connectivity index (χ0v) is 15.2. The molecule has 0 bridgehead atoms. The van der Waals surface area contributed by atoms with E-state index in [0.29, 0.717) is 16.8 Å². The summed E-state index contributed by atoms with van der Waals surface area (Å²) in [5.41, 5.74) is -0.0590. The summed E-state index contributed by atoms with van der Waals surface area (Å²) in [7, 11) is 0. The van der Waals surface area contributed by atoms with Crippen LogP contribution in [0.3, 0.4) is 0 Å². The average molecular weight is 394 g/mol. The van der Waals surface area contributed by atoms with Gasteiger partial charge in [-0.25, -0.2) is 0 Å². The molecule has 2 nitrogen and oxygen atoms in total. The molecule has 5 unspecified atom stereocenters. The fourth-order valence-corrected chi connectivity index (χ4v) is 5.18. The Balaban J connectivity index is 2.00. The molecule has 0 aromatic rings. The van der Waals surface area contributed by atoms with Gasteiger partial charge >= 0.3 is 0 Å². The number of epoxide rings is 1. The van der Waals surface area contributed by atoms with Crippen LogP contribution in [0.1, 0.15) is 47.0 Å². The Hall–Kier alpha value is 0.460. The van der Waals surface area contributed by atoms with Crippen LogP contribution in [0.5, 0.6) is 0 Å². The molecule has 3 rings (SSSR count). The van der Waals surface area contributed by atoms with Crippen molar-refractivity contribution in [1.82, 2.24) is 0 Å². The Morgan fingerprint density at radius 2 is 1.95 bits per heavy atom. The number of alkyl halides is 1. The number of fused-ring (bicyclic) bond motifs is 2. The third-order valence-corrected chi connectivity index (χ3v) is 7.72. The first-order valence-electron chi connectivity index (χ1n) is 7.06. The highest BCUT2D eigenvalue weighted by molar-refractivity contribution is 9.11. The lowest BCUT2D eigenvalue weighted by Crippen LogP contribution is -2.53. The third-order valence-electron chi connectivity index (χ3n) is 5.66. The van der Waals surface area contributed by atoms with Crippen LogP contribution in [0.2, 0.25) is 0 Å². The van der Waals surface area contributed by atoms with Gasteiger partial charge in [-0.2, -0.15) is 0 Å². The molecule has 0 spiro atoms. The second kappa shape index (κ2) is 4.23. The topological polar surface area (TPSA) is 21.8 Å². The van der Waals surface area contributed by atoms with Crippen molar-refractivity contribution in [1.29, 1.82) is 0 Å². The molecule has 1 saturated carbocycles. The van der Waals surface area contributed by atoms with E-state index < -0.39 is 0 Å². The van der Waals surface area contributed by atoms with Gasteiger partial charge in [-0.05, 0) is 38.5 Å². The predicted molar refractivity (Wildman–Crippen MR) is 83.6 cm³/mol. The molecule has 5 atom stereocenters. The number of ether oxygens (including phenoxy) is 2. The Bertz CT molecular complexity index is 434. The molecule has 19 heavy (non-hydrogen) atoms. The van der Waals surface area contributed by atoms with Gasteiger partial charge in [0.15, 0.2) is 0 Å². The van der Waals surface area contributed by atoms with Crippen molar-refractivity contribution in [3.05, 3.63) is 10.7 Å². The predicted octanol–water partition coefficient (Wildman–Crippen LogP) is 4.76. The fourth-order valence-electron chi connectivity index (χ4n) is 4.09. The van der Waals surface area contributed by atoms with Crippen LogP contribution in [0, 0.1) is 11.3 Å². The normalized spacial score (nSPS) is 53.8. The maximum Gasteiger partial charge on any atom is 0.149 e. The lowest BCUT2D eigenvalue weighted by Gasteiger charge is -2.52. The van der Waals surface area contributed by atoms with E-state index in [0.717, 1.165) is 25.0 Å². The van der Waals surface area contributed by atoms with E-state index in [4.69, 9.17) is 9.47 Å². The molecule has 0 amide bonds. The molecule has 1 aliphatic carbocycles. The smallest absolute Gasteiger partial charge is 0.149 e. The molecule has 2 heterocycles. The van der Waals surface area contributed by atoms with Crippen LogP contribution in [0.25, 0.3) is 0 Å². The standard InChI is InChI=1S/C15H22Br2O2/c1-13(2)9-7-11-15(4,19-11)12(8-16)18-14(9,3)6-5-10(13)17/h8-11H,5-7H2,1-4H3. The lowest BCUT2D eigenvalue weighted by atomic mass is 9.60. The Morgan fingerprint density at radius 3 is 2.58 bits per heavy atom. The molecule has 108 valence electrons.